The minimum absolute atomic E-state index is 0.144. The van der Waals surface area contributed by atoms with Crippen LogP contribution in [0.5, 0.6) is 0 Å². The summed E-state index contributed by atoms with van der Waals surface area (Å²) in [7, 11) is 0. The lowest BCUT2D eigenvalue weighted by Crippen LogP contribution is -2.14. The van der Waals surface area contributed by atoms with Gasteiger partial charge in [-0.25, -0.2) is 9.97 Å². The molecular formula is C93H60N6. The van der Waals surface area contributed by atoms with Crippen LogP contribution in [0.25, 0.3) is 188 Å². The van der Waals surface area contributed by atoms with Crippen LogP contribution in [-0.4, -0.2) is 28.2 Å². The van der Waals surface area contributed by atoms with E-state index in [1.807, 2.05) is 0 Å². The van der Waals surface area contributed by atoms with Crippen molar-refractivity contribution in [3.05, 3.63) is 339 Å². The first-order chi connectivity index (χ1) is 48.8. The smallest absolute Gasteiger partial charge is 0.160 e. The van der Waals surface area contributed by atoms with E-state index in [0.717, 1.165) is 94.4 Å². The van der Waals surface area contributed by atoms with Crippen LogP contribution >= 0.6 is 0 Å². The summed E-state index contributed by atoms with van der Waals surface area (Å²) in [6, 6.07) is 121. The van der Waals surface area contributed by atoms with Crippen LogP contribution in [0.2, 0.25) is 0 Å². The van der Waals surface area contributed by atoms with Crippen molar-refractivity contribution in [2.75, 3.05) is 0 Å². The SMILES string of the molecule is CC1(C)c2ccccc2-c2cc(-c3nc(-c4cc(-n5c6ccccc6c6cc(-c7ccc8c(c7)c7ccccc7n8-c7ccccc7)ccc65)cc(-n5c6ccccc6c6cc(-c7ccc8c(c7)c7ccccc7n8-c7ccccc7)ccc65)c4)nc4ccc5ccccc5c34)ccc21. The molecular weight excluding hydrogens is 1200 g/mol. The predicted octanol–water partition coefficient (Wildman–Crippen LogP) is 24.1. The van der Waals surface area contributed by atoms with Gasteiger partial charge in [0.1, 0.15) is 0 Å². The molecule has 5 heterocycles. The number of hydrogen-bond donors (Lipinski definition) is 0. The Morgan fingerprint density at radius 3 is 1.11 bits per heavy atom. The van der Waals surface area contributed by atoms with Crippen molar-refractivity contribution < 1.29 is 0 Å². The van der Waals surface area contributed by atoms with Crippen LogP contribution in [-0.2, 0) is 5.41 Å². The fraction of sp³-hybridized carbons (Fsp3) is 0.0323. The Hall–Kier alpha value is -12.9. The number of para-hydroxylation sites is 6. The molecule has 0 unspecified atom stereocenters. The molecule has 6 heteroatoms. The zero-order valence-electron chi connectivity index (χ0n) is 54.4. The van der Waals surface area contributed by atoms with Gasteiger partial charge in [0, 0.05) is 87.8 Å². The highest BCUT2D eigenvalue weighted by Crippen LogP contribution is 2.51. The third-order valence-electron chi connectivity index (χ3n) is 21.5. The van der Waals surface area contributed by atoms with Gasteiger partial charge in [-0.3, -0.25) is 0 Å². The number of nitrogens with zero attached hydrogens (tertiary/aromatic N) is 6. The van der Waals surface area contributed by atoms with Crippen molar-refractivity contribution in [2.24, 2.45) is 0 Å². The van der Waals surface area contributed by atoms with Crippen molar-refractivity contribution in [3.8, 4) is 78.8 Å². The van der Waals surface area contributed by atoms with Gasteiger partial charge in [0.05, 0.1) is 55.3 Å². The normalized spacial score (nSPS) is 12.8. The third kappa shape index (κ3) is 8.24. The molecule has 0 amide bonds. The maximum atomic E-state index is 5.88. The molecule has 1 aliphatic rings. The van der Waals surface area contributed by atoms with E-state index in [1.165, 1.54) is 98.5 Å². The second kappa shape index (κ2) is 21.0. The minimum atomic E-state index is -0.144. The van der Waals surface area contributed by atoms with E-state index >= 15 is 0 Å². The standard InChI is InChI=1S/C93H60N6/c1-93(2)79-32-16-11-27-69(79)74-55-62(37-43-80(74)93)91-90-68-26-10-9-21-57(68)38-44-81(90)94-92(95-91)63-49-66(98-84-35-19-14-30-72(84)77-53-60(41-47-88(77)98)58-39-45-86-75(51-58)70-28-12-17-33-82(70)96(86)64-22-5-3-6-23-64)56-67(50-63)99-85-36-20-15-31-73(85)78-54-61(42-48-89(78)99)59-40-46-87-76(52-59)71-29-13-18-34-83(71)97(87)65-24-7-4-8-25-65/h3-56H,1-2H3. The van der Waals surface area contributed by atoms with Crippen molar-refractivity contribution in [1.82, 2.24) is 28.2 Å². The topological polar surface area (TPSA) is 45.5 Å². The van der Waals surface area contributed by atoms with E-state index in [2.05, 4.69) is 360 Å². The summed E-state index contributed by atoms with van der Waals surface area (Å²) < 4.78 is 9.70. The van der Waals surface area contributed by atoms with Gasteiger partial charge in [-0.15, -0.1) is 0 Å². The molecule has 0 saturated carbocycles. The Balaban J connectivity index is 0.786. The van der Waals surface area contributed by atoms with Gasteiger partial charge in [0.2, 0.25) is 0 Å². The Kier molecular flexibility index (Phi) is 11.8. The van der Waals surface area contributed by atoms with Crippen LogP contribution in [0.15, 0.2) is 328 Å². The monoisotopic (exact) mass is 1260 g/mol. The average molecular weight is 1260 g/mol. The summed E-state index contributed by atoms with van der Waals surface area (Å²) in [6.45, 7) is 4.69. The molecule has 462 valence electrons. The van der Waals surface area contributed by atoms with Crippen LogP contribution in [0.1, 0.15) is 25.0 Å². The van der Waals surface area contributed by atoms with E-state index in [9.17, 15) is 0 Å². The summed E-state index contributed by atoms with van der Waals surface area (Å²) in [5, 5.41) is 12.9. The number of benzene rings is 15. The molecule has 0 aliphatic heterocycles. The number of fused-ring (bicyclic) bond motifs is 18. The van der Waals surface area contributed by atoms with Crippen LogP contribution < -0.4 is 0 Å². The molecule has 0 saturated heterocycles. The minimum Gasteiger partial charge on any atom is -0.309 e. The molecule has 0 N–H and O–H groups in total. The van der Waals surface area contributed by atoms with Crippen molar-refractivity contribution >= 4 is 109 Å². The number of aromatic nitrogens is 6. The first-order valence-corrected chi connectivity index (χ1v) is 34.2. The molecule has 20 aromatic rings. The molecule has 99 heavy (non-hydrogen) atoms. The molecule has 0 radical (unpaired) electrons. The fourth-order valence-corrected chi connectivity index (χ4v) is 17.0. The van der Waals surface area contributed by atoms with Crippen molar-refractivity contribution in [3.63, 3.8) is 0 Å². The van der Waals surface area contributed by atoms with Gasteiger partial charge >= 0.3 is 0 Å². The molecule has 5 aromatic heterocycles. The second-order valence-corrected chi connectivity index (χ2v) is 27.3. The lowest BCUT2D eigenvalue weighted by molar-refractivity contribution is 0.660. The summed E-state index contributed by atoms with van der Waals surface area (Å²) in [5.74, 6) is 0.649. The molecule has 1 aliphatic carbocycles. The lowest BCUT2D eigenvalue weighted by atomic mass is 9.82. The zero-order valence-corrected chi connectivity index (χ0v) is 54.4. The highest BCUT2D eigenvalue weighted by Gasteiger charge is 2.36. The Bertz CT molecular complexity index is 6520. The zero-order chi connectivity index (χ0) is 65.2. The average Bonchev–Trinajstić information content (AvgIpc) is 1.18. The highest BCUT2D eigenvalue weighted by molar-refractivity contribution is 6.17. The van der Waals surface area contributed by atoms with Crippen LogP contribution in [0.3, 0.4) is 0 Å². The molecule has 21 rings (SSSR count). The maximum absolute atomic E-state index is 5.88. The molecule has 15 aromatic carbocycles. The van der Waals surface area contributed by atoms with Crippen LogP contribution in [0.4, 0.5) is 0 Å². The largest absolute Gasteiger partial charge is 0.309 e. The third-order valence-corrected chi connectivity index (χ3v) is 21.5. The van der Waals surface area contributed by atoms with E-state index in [0.29, 0.717) is 5.82 Å². The van der Waals surface area contributed by atoms with Gasteiger partial charge in [0.25, 0.3) is 0 Å². The fourth-order valence-electron chi connectivity index (χ4n) is 17.0. The summed E-state index contributed by atoms with van der Waals surface area (Å²) in [6.07, 6.45) is 0. The summed E-state index contributed by atoms with van der Waals surface area (Å²) in [5.41, 5.74) is 26.9. The lowest BCUT2D eigenvalue weighted by Gasteiger charge is -2.21. The van der Waals surface area contributed by atoms with E-state index in [4.69, 9.17) is 9.97 Å². The van der Waals surface area contributed by atoms with Gasteiger partial charge in [-0.2, -0.15) is 0 Å². The first kappa shape index (κ1) is 55.4. The predicted molar refractivity (Wildman–Crippen MR) is 414 cm³/mol. The van der Waals surface area contributed by atoms with Crippen molar-refractivity contribution in [1.29, 1.82) is 0 Å². The van der Waals surface area contributed by atoms with Gasteiger partial charge in [-0.1, -0.05) is 214 Å². The second-order valence-electron chi connectivity index (χ2n) is 27.3. The Morgan fingerprint density at radius 2 is 0.626 bits per heavy atom. The number of rotatable bonds is 8. The van der Waals surface area contributed by atoms with Crippen LogP contribution in [0, 0.1) is 0 Å². The van der Waals surface area contributed by atoms with E-state index < -0.39 is 0 Å². The van der Waals surface area contributed by atoms with E-state index in [-0.39, 0.29) is 5.41 Å². The Morgan fingerprint density at radius 1 is 0.242 bits per heavy atom. The van der Waals surface area contributed by atoms with Gasteiger partial charge in [0.15, 0.2) is 5.82 Å². The van der Waals surface area contributed by atoms with Crippen molar-refractivity contribution in [2.45, 2.75) is 19.3 Å². The summed E-state index contributed by atoms with van der Waals surface area (Å²) in [4.78, 5) is 11.6. The molecule has 0 atom stereocenters. The molecule has 0 fully saturated rings. The molecule has 0 spiro atoms. The van der Waals surface area contributed by atoms with Gasteiger partial charge in [-0.05, 0) is 183 Å². The quantitative estimate of drug-likeness (QED) is 0.142. The summed E-state index contributed by atoms with van der Waals surface area (Å²) >= 11 is 0. The molecule has 0 bridgehead atoms. The highest BCUT2D eigenvalue weighted by atomic mass is 15.0. The van der Waals surface area contributed by atoms with E-state index in [1.54, 1.807) is 0 Å². The maximum Gasteiger partial charge on any atom is 0.160 e. The number of hydrogen-bond acceptors (Lipinski definition) is 2. The Labute approximate surface area is 570 Å². The first-order valence-electron chi connectivity index (χ1n) is 34.2. The molecule has 6 nitrogen and oxygen atoms in total. The van der Waals surface area contributed by atoms with Gasteiger partial charge < -0.3 is 18.3 Å².